The van der Waals surface area contributed by atoms with Crippen molar-refractivity contribution in [2.45, 2.75) is 121 Å². The molecule has 0 aromatic heterocycles. The number of amides is 5. The normalized spacial score (nSPS) is 21.1. The Kier molecular flexibility index (Phi) is 14.6. The van der Waals surface area contributed by atoms with Crippen molar-refractivity contribution < 1.29 is 42.8 Å². The van der Waals surface area contributed by atoms with E-state index in [0.29, 0.717) is 44.2 Å². The summed E-state index contributed by atoms with van der Waals surface area (Å²) in [7, 11) is -4.71. The molecule has 1 aromatic rings. The van der Waals surface area contributed by atoms with Crippen LogP contribution in [0.1, 0.15) is 89.5 Å². The topological polar surface area (TPSA) is 243 Å². The second-order valence-corrected chi connectivity index (χ2v) is 13.5. The molecule has 2 fully saturated rings. The fraction of sp³-hybridized carbons (Fsp3) is 0.645. The maximum absolute atomic E-state index is 13.9. The van der Waals surface area contributed by atoms with E-state index in [4.69, 9.17) is 21.3 Å². The van der Waals surface area contributed by atoms with E-state index in [2.05, 4.69) is 27.4 Å². The van der Waals surface area contributed by atoms with Gasteiger partial charge in [-0.1, -0.05) is 51.2 Å². The molecule has 1 aromatic carbocycles. The Morgan fingerprint density at radius 3 is 2.38 bits per heavy atom. The van der Waals surface area contributed by atoms with Crippen LogP contribution in [0.2, 0.25) is 0 Å². The van der Waals surface area contributed by atoms with Gasteiger partial charge in [0.05, 0.1) is 6.04 Å². The average Bonchev–Trinajstić information content (AvgIpc) is 3.42. The summed E-state index contributed by atoms with van der Waals surface area (Å²) in [4.78, 5) is 84.5. The summed E-state index contributed by atoms with van der Waals surface area (Å²) in [6, 6.07) is 1.80. The minimum atomic E-state index is -4.71. The predicted octanol–water partition coefficient (Wildman–Crippen LogP) is 0.893. The number of hydrogen-bond acceptors (Lipinski definition) is 8. The second-order valence-electron chi connectivity index (χ2n) is 12.3. The van der Waals surface area contributed by atoms with Crippen molar-refractivity contribution >= 4 is 37.4 Å². The zero-order valence-corrected chi connectivity index (χ0v) is 27.8. The highest BCUT2D eigenvalue weighted by Crippen LogP contribution is 2.37. The fourth-order valence-electron chi connectivity index (χ4n) is 6.08. The van der Waals surface area contributed by atoms with Gasteiger partial charge in [0.15, 0.2) is 0 Å². The highest BCUT2D eigenvalue weighted by molar-refractivity contribution is 7.46. The van der Waals surface area contributed by atoms with Crippen LogP contribution in [0.4, 0.5) is 0 Å². The lowest BCUT2D eigenvalue weighted by Gasteiger charge is -2.36. The van der Waals surface area contributed by atoms with Gasteiger partial charge in [0.25, 0.3) is 0 Å². The van der Waals surface area contributed by atoms with Crippen LogP contribution in [0.25, 0.3) is 0 Å². The Labute approximate surface area is 275 Å². The molecule has 2 saturated heterocycles. The number of carbonyl (C=O) groups excluding carboxylic acids is 5. The molecule has 15 nitrogen and oxygen atoms in total. The summed E-state index contributed by atoms with van der Waals surface area (Å²) in [5, 5.41) is 8.36. The van der Waals surface area contributed by atoms with E-state index in [0.717, 1.165) is 32.1 Å². The molecule has 5 atom stereocenters. The van der Waals surface area contributed by atoms with Crippen LogP contribution in [-0.4, -0.2) is 81.0 Å². The van der Waals surface area contributed by atoms with Crippen molar-refractivity contribution in [1.29, 1.82) is 0 Å². The predicted molar refractivity (Wildman–Crippen MR) is 172 cm³/mol. The first-order valence-corrected chi connectivity index (χ1v) is 17.9. The Morgan fingerprint density at radius 1 is 1.02 bits per heavy atom. The van der Waals surface area contributed by atoms with Crippen LogP contribution >= 0.6 is 7.82 Å². The monoisotopic (exact) mass is 680 g/mol. The third kappa shape index (κ3) is 12.2. The largest absolute Gasteiger partial charge is 0.524 e. The van der Waals surface area contributed by atoms with Crippen LogP contribution in [-0.2, 0) is 35.0 Å². The van der Waals surface area contributed by atoms with Crippen LogP contribution in [0.15, 0.2) is 24.3 Å². The number of phosphoric acid groups is 1. The lowest BCUT2D eigenvalue weighted by Crippen LogP contribution is -2.59. The SMILES string of the molecule is CCCCCCNC(=O)[C@H](CCC(N)=O)NC(=O)[C@@H]1CCC2CCCC[C@H](NC(=O)[C@@H](N)Cc3ccc(OP(=O)(O)O)cc3)C(=O)N21. The maximum atomic E-state index is 13.9. The van der Waals surface area contributed by atoms with E-state index in [1.54, 1.807) is 4.90 Å². The van der Waals surface area contributed by atoms with Gasteiger partial charge >= 0.3 is 7.82 Å². The molecule has 47 heavy (non-hydrogen) atoms. The summed E-state index contributed by atoms with van der Waals surface area (Å²) in [5.74, 6) is -2.49. The molecule has 0 radical (unpaired) electrons. The molecule has 0 bridgehead atoms. The standard InChI is InChI=1S/C31H49N6O9P/c1-2-3-4-7-18-34-29(40)24(15-17-27(33)38)35-30(41)26-16-12-21-8-5-6-9-25(31(42)37(21)26)36-28(39)23(32)19-20-10-13-22(14-11-20)46-47(43,44)45/h10-11,13-14,21,23-26H,2-9,12,15-19,32H2,1H3,(H2,33,38)(H,34,40)(H,35,41)(H,36,39)(H2,43,44,45)/t21?,23-,24-,25-,26-/m0/s1. The average molecular weight is 681 g/mol. The molecule has 9 N–H and O–H groups in total. The number of nitrogens with two attached hydrogens (primary N) is 2. The van der Waals surface area contributed by atoms with E-state index < -0.39 is 55.6 Å². The van der Waals surface area contributed by atoms with Crippen molar-refractivity contribution in [3.63, 3.8) is 0 Å². The van der Waals surface area contributed by atoms with Gasteiger partial charge in [0, 0.05) is 19.0 Å². The number of nitrogens with zero attached hydrogens (tertiary/aromatic N) is 1. The first-order valence-electron chi connectivity index (χ1n) is 16.4. The molecule has 0 aliphatic carbocycles. The third-order valence-corrected chi connectivity index (χ3v) is 8.99. The number of hydrogen-bond donors (Lipinski definition) is 7. The molecule has 2 heterocycles. The Balaban J connectivity index is 1.65. The van der Waals surface area contributed by atoms with Gasteiger partial charge in [-0.3, -0.25) is 33.8 Å². The van der Waals surface area contributed by atoms with Crippen molar-refractivity contribution in [3.8, 4) is 5.75 Å². The smallest absolute Gasteiger partial charge is 0.404 e. The summed E-state index contributed by atoms with van der Waals surface area (Å²) in [5.41, 5.74) is 12.1. The molecule has 5 amide bonds. The van der Waals surface area contributed by atoms with Crippen molar-refractivity contribution in [3.05, 3.63) is 29.8 Å². The number of fused-ring (bicyclic) bond motifs is 1. The molecule has 2 aliphatic rings. The van der Waals surface area contributed by atoms with Crippen molar-refractivity contribution in [1.82, 2.24) is 20.9 Å². The molecular weight excluding hydrogens is 631 g/mol. The molecule has 2 aliphatic heterocycles. The summed E-state index contributed by atoms with van der Waals surface area (Å²) in [6.45, 7) is 2.53. The zero-order valence-electron chi connectivity index (χ0n) is 26.9. The summed E-state index contributed by atoms with van der Waals surface area (Å²) in [6.07, 6.45) is 7.44. The molecule has 1 unspecified atom stereocenters. The first-order chi connectivity index (χ1) is 22.3. The number of benzene rings is 1. The van der Waals surface area contributed by atoms with Crippen LogP contribution in [0, 0.1) is 0 Å². The van der Waals surface area contributed by atoms with E-state index in [9.17, 15) is 28.5 Å². The minimum absolute atomic E-state index is 0.0297. The van der Waals surface area contributed by atoms with E-state index in [1.165, 1.54) is 24.3 Å². The molecule has 0 saturated carbocycles. The number of primary amides is 1. The van der Waals surface area contributed by atoms with E-state index in [1.807, 2.05) is 0 Å². The van der Waals surface area contributed by atoms with Gasteiger partial charge in [0.1, 0.15) is 23.9 Å². The minimum Gasteiger partial charge on any atom is -0.404 e. The fourth-order valence-corrected chi connectivity index (χ4v) is 6.48. The number of unbranched alkanes of at least 4 members (excludes halogenated alkanes) is 3. The van der Waals surface area contributed by atoms with Gasteiger partial charge in [-0.2, -0.15) is 0 Å². The number of nitrogens with one attached hydrogen (secondary N) is 3. The lowest BCUT2D eigenvalue weighted by molar-refractivity contribution is -0.145. The summed E-state index contributed by atoms with van der Waals surface area (Å²) >= 11 is 0. The number of phosphoric ester groups is 1. The first kappa shape index (κ1) is 37.9. The quantitative estimate of drug-likeness (QED) is 0.0905. The van der Waals surface area contributed by atoms with Crippen LogP contribution in [0.3, 0.4) is 0 Å². The van der Waals surface area contributed by atoms with Gasteiger partial charge in [-0.05, 0) is 62.6 Å². The Morgan fingerprint density at radius 2 is 1.72 bits per heavy atom. The second kappa shape index (κ2) is 18.1. The van der Waals surface area contributed by atoms with Gasteiger partial charge in [-0.25, -0.2) is 4.57 Å². The lowest BCUT2D eigenvalue weighted by atomic mass is 9.98. The number of carbonyl (C=O) groups is 5. The molecular formula is C31H49N6O9P. The van der Waals surface area contributed by atoms with Gasteiger partial charge in [-0.15, -0.1) is 0 Å². The Hall–Kier alpha value is -3.52. The summed E-state index contributed by atoms with van der Waals surface area (Å²) < 4.78 is 15.6. The highest BCUT2D eigenvalue weighted by Gasteiger charge is 2.44. The number of rotatable bonds is 17. The van der Waals surface area contributed by atoms with E-state index >= 15 is 0 Å². The highest BCUT2D eigenvalue weighted by atomic mass is 31.2. The third-order valence-electron chi connectivity index (χ3n) is 8.54. The van der Waals surface area contributed by atoms with Crippen molar-refractivity contribution in [2.24, 2.45) is 11.5 Å². The van der Waals surface area contributed by atoms with Crippen molar-refractivity contribution in [2.75, 3.05) is 6.54 Å². The maximum Gasteiger partial charge on any atom is 0.524 e. The zero-order chi connectivity index (χ0) is 34.6. The molecule has 0 spiro atoms. The van der Waals surface area contributed by atoms with Gasteiger partial charge in [0.2, 0.25) is 29.5 Å². The molecule has 16 heteroatoms. The van der Waals surface area contributed by atoms with Crippen LogP contribution in [0.5, 0.6) is 5.75 Å². The molecule has 3 rings (SSSR count). The van der Waals surface area contributed by atoms with E-state index in [-0.39, 0.29) is 37.0 Å². The van der Waals surface area contributed by atoms with Crippen LogP contribution < -0.4 is 31.9 Å². The molecule has 262 valence electrons. The Bertz CT molecular complexity index is 1290. The van der Waals surface area contributed by atoms with Gasteiger partial charge < -0.3 is 36.8 Å².